The lowest BCUT2D eigenvalue weighted by molar-refractivity contribution is 0.0657. The lowest BCUT2D eigenvalue weighted by atomic mass is 9.97. The highest BCUT2D eigenvalue weighted by Gasteiger charge is 2.25. The van der Waals surface area contributed by atoms with Crippen LogP contribution < -0.4 is 5.32 Å². The van der Waals surface area contributed by atoms with Gasteiger partial charge in [0.25, 0.3) is 5.91 Å². The van der Waals surface area contributed by atoms with Crippen LogP contribution in [0.3, 0.4) is 0 Å². The third kappa shape index (κ3) is 6.21. The highest BCUT2D eigenvalue weighted by atomic mass is 16.5. The van der Waals surface area contributed by atoms with E-state index in [1.54, 1.807) is 25.5 Å². The van der Waals surface area contributed by atoms with Gasteiger partial charge in [-0.25, -0.2) is 0 Å². The molecular weight excluding hydrogens is 370 g/mol. The highest BCUT2D eigenvalue weighted by molar-refractivity contribution is 5.91. The van der Waals surface area contributed by atoms with Gasteiger partial charge in [0.2, 0.25) is 0 Å². The summed E-state index contributed by atoms with van der Waals surface area (Å²) < 4.78 is 10.4. The van der Waals surface area contributed by atoms with Crippen molar-refractivity contribution in [1.29, 1.82) is 0 Å². The molecule has 2 fully saturated rings. The maximum Gasteiger partial charge on any atom is 0.289 e. The molecule has 8 heteroatoms. The number of amides is 1. The van der Waals surface area contributed by atoms with Gasteiger partial charge in [-0.1, -0.05) is 0 Å². The van der Waals surface area contributed by atoms with Gasteiger partial charge in [-0.2, -0.15) is 0 Å². The second kappa shape index (κ2) is 11.2. The second-order valence-corrected chi connectivity index (χ2v) is 7.73. The van der Waals surface area contributed by atoms with Gasteiger partial charge >= 0.3 is 0 Å². The number of carbonyl (C=O) groups is 1. The molecule has 0 spiro atoms. The zero-order valence-electron chi connectivity index (χ0n) is 17.8. The van der Waals surface area contributed by atoms with E-state index in [1.807, 2.05) is 4.90 Å². The van der Waals surface area contributed by atoms with Crippen LogP contribution in [0.5, 0.6) is 0 Å². The minimum atomic E-state index is -0.0307. The maximum absolute atomic E-state index is 12.4. The summed E-state index contributed by atoms with van der Waals surface area (Å²) in [6, 6.07) is 3.47. The Morgan fingerprint density at radius 2 is 1.93 bits per heavy atom. The summed E-state index contributed by atoms with van der Waals surface area (Å²) in [5.74, 6) is 2.00. The molecular formula is C21H35N5O3. The Morgan fingerprint density at radius 3 is 2.55 bits per heavy atom. The fourth-order valence-electron chi connectivity index (χ4n) is 3.93. The van der Waals surface area contributed by atoms with Crippen molar-refractivity contribution in [2.75, 3.05) is 72.6 Å². The molecule has 0 aromatic carbocycles. The van der Waals surface area contributed by atoms with Crippen molar-refractivity contribution in [3.05, 3.63) is 24.2 Å². The number of methoxy groups -OCH3 is 1. The summed E-state index contributed by atoms with van der Waals surface area (Å²) in [6.07, 6.45) is 3.93. The molecule has 1 aromatic rings. The molecule has 0 atom stereocenters. The van der Waals surface area contributed by atoms with Crippen LogP contribution in [0.1, 0.15) is 30.3 Å². The van der Waals surface area contributed by atoms with Crippen LogP contribution >= 0.6 is 0 Å². The summed E-state index contributed by atoms with van der Waals surface area (Å²) in [6.45, 7) is 10.8. The molecule has 0 unspecified atom stereocenters. The van der Waals surface area contributed by atoms with Crippen LogP contribution in [-0.2, 0) is 4.74 Å². The Labute approximate surface area is 173 Å². The number of nitrogens with zero attached hydrogens (tertiary/aromatic N) is 4. The van der Waals surface area contributed by atoms with Gasteiger partial charge in [0.05, 0.1) is 12.9 Å². The second-order valence-electron chi connectivity index (χ2n) is 7.73. The topological polar surface area (TPSA) is 73.6 Å². The van der Waals surface area contributed by atoms with Gasteiger partial charge in [0, 0.05) is 52.9 Å². The van der Waals surface area contributed by atoms with Crippen molar-refractivity contribution < 1.29 is 13.9 Å². The molecule has 2 aliphatic rings. The number of piperazine rings is 1. The lowest BCUT2D eigenvalue weighted by Gasteiger charge is -2.36. The number of rotatable bonds is 7. The molecule has 3 heterocycles. The third-order valence-electron chi connectivity index (χ3n) is 5.75. The molecule has 2 saturated heterocycles. The summed E-state index contributed by atoms with van der Waals surface area (Å²) in [5.41, 5.74) is 0. The van der Waals surface area contributed by atoms with Gasteiger partial charge in [0.15, 0.2) is 11.7 Å². The standard InChI is InChI=1S/C21H35N5O3/c1-3-22-21(23-17-18-6-8-24(9-7-18)14-16-28-2)26-12-10-25(11-13-26)20(27)19-5-4-15-29-19/h4-5,15,18H,3,6-14,16-17H2,1-2H3,(H,22,23). The van der Waals surface area contributed by atoms with E-state index in [0.717, 1.165) is 58.4 Å². The number of nitrogens with one attached hydrogen (secondary N) is 1. The average molecular weight is 406 g/mol. The van der Waals surface area contributed by atoms with Gasteiger partial charge in [-0.05, 0) is 50.9 Å². The van der Waals surface area contributed by atoms with E-state index in [2.05, 4.69) is 22.0 Å². The first-order chi connectivity index (χ1) is 14.2. The summed E-state index contributed by atoms with van der Waals surface area (Å²) in [5, 5.41) is 3.43. The van der Waals surface area contributed by atoms with Gasteiger partial charge in [-0.3, -0.25) is 9.79 Å². The smallest absolute Gasteiger partial charge is 0.289 e. The number of carbonyl (C=O) groups excluding carboxylic acids is 1. The van der Waals surface area contributed by atoms with Gasteiger partial charge in [-0.15, -0.1) is 0 Å². The van der Waals surface area contributed by atoms with Crippen molar-refractivity contribution in [2.45, 2.75) is 19.8 Å². The van der Waals surface area contributed by atoms with Crippen molar-refractivity contribution in [1.82, 2.24) is 20.0 Å². The van der Waals surface area contributed by atoms with E-state index in [-0.39, 0.29) is 5.91 Å². The molecule has 0 radical (unpaired) electrons. The summed E-state index contributed by atoms with van der Waals surface area (Å²) >= 11 is 0. The molecule has 0 bridgehead atoms. The molecule has 0 saturated carbocycles. The first-order valence-electron chi connectivity index (χ1n) is 10.8. The summed E-state index contributed by atoms with van der Waals surface area (Å²) in [4.78, 5) is 24.0. The maximum atomic E-state index is 12.4. The average Bonchev–Trinajstić information content (AvgIpc) is 3.30. The normalized spacial score (nSPS) is 19.6. The Balaban J connectivity index is 1.47. The van der Waals surface area contributed by atoms with Crippen LogP contribution in [-0.4, -0.2) is 99.2 Å². The van der Waals surface area contributed by atoms with Crippen LogP contribution in [0.25, 0.3) is 0 Å². The minimum absolute atomic E-state index is 0.0307. The first-order valence-corrected chi connectivity index (χ1v) is 10.8. The molecule has 162 valence electrons. The number of furan rings is 1. The molecule has 8 nitrogen and oxygen atoms in total. The monoisotopic (exact) mass is 405 g/mol. The predicted molar refractivity (Wildman–Crippen MR) is 113 cm³/mol. The van der Waals surface area contributed by atoms with E-state index in [9.17, 15) is 4.79 Å². The molecule has 2 aliphatic heterocycles. The highest BCUT2D eigenvalue weighted by Crippen LogP contribution is 2.17. The predicted octanol–water partition coefficient (Wildman–Crippen LogP) is 1.36. The largest absolute Gasteiger partial charge is 0.459 e. The van der Waals surface area contributed by atoms with E-state index in [4.69, 9.17) is 14.1 Å². The van der Waals surface area contributed by atoms with E-state index in [0.29, 0.717) is 24.8 Å². The van der Waals surface area contributed by atoms with E-state index >= 15 is 0 Å². The fraction of sp³-hybridized carbons (Fsp3) is 0.714. The SMILES string of the molecule is CCNC(=NCC1CCN(CCOC)CC1)N1CCN(C(=O)c2ccco2)CC1. The number of hydrogen-bond acceptors (Lipinski definition) is 5. The van der Waals surface area contributed by atoms with Gasteiger partial charge in [0.1, 0.15) is 0 Å². The Bertz CT molecular complexity index is 633. The van der Waals surface area contributed by atoms with Crippen molar-refractivity contribution in [2.24, 2.45) is 10.9 Å². The van der Waals surface area contributed by atoms with Crippen molar-refractivity contribution >= 4 is 11.9 Å². The molecule has 0 aliphatic carbocycles. The van der Waals surface area contributed by atoms with Crippen LogP contribution in [0.15, 0.2) is 27.8 Å². The van der Waals surface area contributed by atoms with Crippen LogP contribution in [0.2, 0.25) is 0 Å². The van der Waals surface area contributed by atoms with Crippen molar-refractivity contribution in [3.63, 3.8) is 0 Å². The van der Waals surface area contributed by atoms with Gasteiger partial charge < -0.3 is 29.2 Å². The quantitative estimate of drug-likeness (QED) is 0.546. The first kappa shape index (κ1) is 21.6. The van der Waals surface area contributed by atoms with E-state index < -0.39 is 0 Å². The molecule has 1 aromatic heterocycles. The van der Waals surface area contributed by atoms with Crippen LogP contribution in [0.4, 0.5) is 0 Å². The van der Waals surface area contributed by atoms with E-state index in [1.165, 1.54) is 12.8 Å². The fourth-order valence-corrected chi connectivity index (χ4v) is 3.93. The number of guanidine groups is 1. The van der Waals surface area contributed by atoms with Crippen molar-refractivity contribution in [3.8, 4) is 0 Å². The van der Waals surface area contributed by atoms with Crippen LogP contribution in [0, 0.1) is 5.92 Å². The number of aliphatic imine (C=N–C) groups is 1. The zero-order valence-corrected chi connectivity index (χ0v) is 17.8. The third-order valence-corrected chi connectivity index (χ3v) is 5.75. The molecule has 1 N–H and O–H groups in total. The Hall–Kier alpha value is -2.06. The number of likely N-dealkylation sites (tertiary alicyclic amines) is 1. The Kier molecular flexibility index (Phi) is 8.37. The lowest BCUT2D eigenvalue weighted by Crippen LogP contribution is -2.53. The number of ether oxygens (including phenoxy) is 1. The number of hydrogen-bond donors (Lipinski definition) is 1. The zero-order chi connectivity index (χ0) is 20.5. The Morgan fingerprint density at radius 1 is 1.21 bits per heavy atom. The minimum Gasteiger partial charge on any atom is -0.459 e. The summed E-state index contributed by atoms with van der Waals surface area (Å²) in [7, 11) is 1.76. The number of piperidine rings is 1. The molecule has 1 amide bonds. The molecule has 29 heavy (non-hydrogen) atoms. The molecule has 3 rings (SSSR count).